The Hall–Kier alpha value is -1.63. The number of aromatic nitrogens is 2. The molecule has 0 atom stereocenters. The van der Waals surface area contributed by atoms with Crippen LogP contribution in [0.15, 0.2) is 35.1 Å². The van der Waals surface area contributed by atoms with Crippen molar-refractivity contribution in [2.75, 3.05) is 5.73 Å². The fraction of sp³-hybridized carbons (Fsp3) is 0.0909. The number of anilines is 1. The molecule has 0 unspecified atom stereocenters. The summed E-state index contributed by atoms with van der Waals surface area (Å²) in [5, 5.41) is 0. The molecule has 0 saturated heterocycles. The van der Waals surface area contributed by atoms with Gasteiger partial charge in [-0.15, -0.1) is 0 Å². The van der Waals surface area contributed by atoms with E-state index >= 15 is 0 Å². The van der Waals surface area contributed by atoms with E-state index in [2.05, 4.69) is 25.9 Å². The minimum absolute atomic E-state index is 0.135. The first-order valence-corrected chi connectivity index (χ1v) is 5.62. The molecule has 2 N–H and O–H groups in total. The number of halogens is 4. The second-order valence-corrected chi connectivity index (χ2v) is 4.43. The van der Waals surface area contributed by atoms with E-state index in [1.807, 2.05) is 0 Å². The van der Waals surface area contributed by atoms with Crippen molar-refractivity contribution in [2.45, 2.75) is 6.18 Å². The van der Waals surface area contributed by atoms with Crippen LogP contribution >= 0.6 is 15.9 Å². The van der Waals surface area contributed by atoms with Crippen molar-refractivity contribution in [1.29, 1.82) is 0 Å². The van der Waals surface area contributed by atoms with Crippen molar-refractivity contribution in [2.24, 2.45) is 0 Å². The maximum Gasteiger partial charge on any atom is 0.433 e. The zero-order chi connectivity index (χ0) is 13.3. The minimum atomic E-state index is -4.50. The van der Waals surface area contributed by atoms with Crippen LogP contribution in [0.25, 0.3) is 11.3 Å². The largest absolute Gasteiger partial charge is 0.433 e. The Morgan fingerprint density at radius 3 is 2.50 bits per heavy atom. The maximum atomic E-state index is 12.5. The molecule has 0 bridgehead atoms. The molecular weight excluding hydrogens is 311 g/mol. The highest BCUT2D eigenvalue weighted by atomic mass is 79.9. The van der Waals surface area contributed by atoms with Crippen LogP contribution in [0, 0.1) is 0 Å². The number of alkyl halides is 3. The molecule has 0 fully saturated rings. The van der Waals surface area contributed by atoms with E-state index in [4.69, 9.17) is 5.73 Å². The summed E-state index contributed by atoms with van der Waals surface area (Å²) in [6.45, 7) is 0. The molecule has 3 nitrogen and oxygen atoms in total. The molecule has 94 valence electrons. The van der Waals surface area contributed by atoms with Crippen molar-refractivity contribution in [3.63, 3.8) is 0 Å². The first-order valence-electron chi connectivity index (χ1n) is 4.82. The highest BCUT2D eigenvalue weighted by Gasteiger charge is 2.32. The fourth-order valence-electron chi connectivity index (χ4n) is 1.41. The van der Waals surface area contributed by atoms with Gasteiger partial charge in [-0.05, 0) is 24.3 Å². The SMILES string of the molecule is Nc1ccc(Br)cc1-c1cc(C(F)(F)F)ncn1. The molecule has 2 aromatic rings. The van der Waals surface area contributed by atoms with E-state index in [-0.39, 0.29) is 5.69 Å². The van der Waals surface area contributed by atoms with Crippen molar-refractivity contribution in [3.8, 4) is 11.3 Å². The van der Waals surface area contributed by atoms with Crippen molar-refractivity contribution < 1.29 is 13.2 Å². The Morgan fingerprint density at radius 1 is 1.11 bits per heavy atom. The number of hydrogen-bond acceptors (Lipinski definition) is 3. The van der Waals surface area contributed by atoms with Gasteiger partial charge in [-0.3, -0.25) is 0 Å². The van der Waals surface area contributed by atoms with Crippen LogP contribution in [0.3, 0.4) is 0 Å². The molecule has 0 aliphatic rings. The van der Waals surface area contributed by atoms with Crippen LogP contribution in [0.1, 0.15) is 5.69 Å². The zero-order valence-corrected chi connectivity index (χ0v) is 10.5. The van der Waals surface area contributed by atoms with Crippen molar-refractivity contribution in [3.05, 3.63) is 40.8 Å². The molecule has 1 aromatic heterocycles. The smallest absolute Gasteiger partial charge is 0.398 e. The summed E-state index contributed by atoms with van der Waals surface area (Å²) in [5.74, 6) is 0. The number of rotatable bonds is 1. The normalized spacial score (nSPS) is 11.6. The third-order valence-corrected chi connectivity index (χ3v) is 2.74. The van der Waals surface area contributed by atoms with E-state index < -0.39 is 11.9 Å². The van der Waals surface area contributed by atoms with Gasteiger partial charge in [0, 0.05) is 15.7 Å². The number of nitrogens with two attached hydrogens (primary N) is 1. The molecular formula is C11H7BrF3N3. The van der Waals surface area contributed by atoms with E-state index in [0.717, 1.165) is 12.4 Å². The number of nitrogens with zero attached hydrogens (tertiary/aromatic N) is 2. The Balaban J connectivity index is 2.55. The van der Waals surface area contributed by atoms with Crippen LogP contribution in [-0.4, -0.2) is 9.97 Å². The van der Waals surface area contributed by atoms with Gasteiger partial charge in [0.05, 0.1) is 5.69 Å². The van der Waals surface area contributed by atoms with Crippen LogP contribution in [0.2, 0.25) is 0 Å². The topological polar surface area (TPSA) is 51.8 Å². The molecule has 2 rings (SSSR count). The predicted molar refractivity (Wildman–Crippen MR) is 64.6 cm³/mol. The summed E-state index contributed by atoms with van der Waals surface area (Å²) in [7, 11) is 0. The van der Waals surface area contributed by atoms with Crippen LogP contribution in [-0.2, 0) is 6.18 Å². The first-order chi connectivity index (χ1) is 8.38. The van der Waals surface area contributed by atoms with Crippen LogP contribution < -0.4 is 5.73 Å². The van der Waals surface area contributed by atoms with Gasteiger partial charge in [-0.25, -0.2) is 9.97 Å². The lowest BCUT2D eigenvalue weighted by atomic mass is 10.1. The molecule has 1 aromatic carbocycles. The van der Waals surface area contributed by atoms with Gasteiger partial charge in [-0.1, -0.05) is 15.9 Å². The lowest BCUT2D eigenvalue weighted by Crippen LogP contribution is -2.08. The number of nitrogen functional groups attached to an aromatic ring is 1. The van der Waals surface area contributed by atoms with Crippen molar-refractivity contribution >= 4 is 21.6 Å². The zero-order valence-electron chi connectivity index (χ0n) is 8.87. The summed E-state index contributed by atoms with van der Waals surface area (Å²) >= 11 is 3.23. The molecule has 1 heterocycles. The van der Waals surface area contributed by atoms with Crippen molar-refractivity contribution in [1.82, 2.24) is 9.97 Å². The lowest BCUT2D eigenvalue weighted by molar-refractivity contribution is -0.141. The Labute approximate surface area is 109 Å². The predicted octanol–water partition coefficient (Wildman–Crippen LogP) is 3.51. The van der Waals surface area contributed by atoms with E-state index in [1.54, 1.807) is 18.2 Å². The summed E-state index contributed by atoms with van der Waals surface area (Å²) < 4.78 is 38.3. The Morgan fingerprint density at radius 2 is 1.83 bits per heavy atom. The summed E-state index contributed by atoms with van der Waals surface area (Å²) in [4.78, 5) is 7.01. The molecule has 0 aliphatic carbocycles. The average Bonchev–Trinajstić information content (AvgIpc) is 2.31. The van der Waals surface area contributed by atoms with Gasteiger partial charge < -0.3 is 5.73 Å². The highest BCUT2D eigenvalue weighted by Crippen LogP contribution is 2.32. The first kappa shape index (κ1) is 12.8. The van der Waals surface area contributed by atoms with Crippen LogP contribution in [0.4, 0.5) is 18.9 Å². The van der Waals surface area contributed by atoms with Gasteiger partial charge in [0.1, 0.15) is 12.0 Å². The third-order valence-electron chi connectivity index (χ3n) is 2.25. The van der Waals surface area contributed by atoms with Gasteiger partial charge in [-0.2, -0.15) is 13.2 Å². The van der Waals surface area contributed by atoms with E-state index in [9.17, 15) is 13.2 Å². The number of hydrogen-bond donors (Lipinski definition) is 1. The van der Waals surface area contributed by atoms with Gasteiger partial charge in [0.15, 0.2) is 0 Å². The quantitative estimate of drug-likeness (QED) is 0.819. The average molecular weight is 318 g/mol. The molecule has 0 aliphatic heterocycles. The Bertz CT molecular complexity index is 584. The second-order valence-electron chi connectivity index (χ2n) is 3.52. The van der Waals surface area contributed by atoms with Gasteiger partial charge in [0.2, 0.25) is 0 Å². The molecule has 0 amide bonds. The maximum absolute atomic E-state index is 12.5. The monoisotopic (exact) mass is 317 g/mol. The standard InChI is InChI=1S/C11H7BrF3N3/c12-6-1-2-8(16)7(3-6)9-4-10(11(13,14)15)18-5-17-9/h1-5H,16H2. The second kappa shape index (κ2) is 4.56. The van der Waals surface area contributed by atoms with Gasteiger partial charge >= 0.3 is 6.18 Å². The summed E-state index contributed by atoms with van der Waals surface area (Å²) in [6.07, 6.45) is -3.63. The molecule has 0 saturated carbocycles. The summed E-state index contributed by atoms with van der Waals surface area (Å²) in [5.41, 5.74) is 5.64. The molecule has 7 heteroatoms. The number of benzene rings is 1. The molecule has 0 spiro atoms. The lowest BCUT2D eigenvalue weighted by Gasteiger charge is -2.09. The van der Waals surface area contributed by atoms with E-state index in [1.165, 1.54) is 0 Å². The minimum Gasteiger partial charge on any atom is -0.398 e. The van der Waals surface area contributed by atoms with Gasteiger partial charge in [0.25, 0.3) is 0 Å². The molecule has 18 heavy (non-hydrogen) atoms. The third kappa shape index (κ3) is 2.61. The van der Waals surface area contributed by atoms with E-state index in [0.29, 0.717) is 15.7 Å². The Kier molecular flexibility index (Phi) is 3.25. The molecule has 0 radical (unpaired) electrons. The summed E-state index contributed by atoms with van der Waals surface area (Å²) in [6, 6.07) is 5.77. The highest BCUT2D eigenvalue weighted by molar-refractivity contribution is 9.10. The fourth-order valence-corrected chi connectivity index (χ4v) is 1.77. The van der Waals surface area contributed by atoms with Crippen LogP contribution in [0.5, 0.6) is 0 Å².